The minimum atomic E-state index is -0.297. The first-order valence-corrected chi connectivity index (χ1v) is 6.48. The monoisotopic (exact) mass is 267 g/mol. The van der Waals surface area contributed by atoms with Crippen molar-refractivity contribution >= 4 is 5.91 Å². The molecule has 0 saturated heterocycles. The predicted octanol–water partition coefficient (Wildman–Crippen LogP) is 1.72. The Labute approximate surface area is 113 Å². The van der Waals surface area contributed by atoms with Crippen LogP contribution >= 0.6 is 0 Å². The third kappa shape index (κ3) is 3.86. The van der Waals surface area contributed by atoms with Crippen molar-refractivity contribution in [3.8, 4) is 11.5 Å². The summed E-state index contributed by atoms with van der Waals surface area (Å²) in [5, 5.41) is 27.9. The number of carbonyl (C=O) groups excluding carboxylic acids is 1. The van der Waals surface area contributed by atoms with Gasteiger partial charge >= 0.3 is 0 Å². The molecule has 0 aromatic heterocycles. The first-order chi connectivity index (χ1) is 9.03. The molecule has 0 bridgehead atoms. The summed E-state index contributed by atoms with van der Waals surface area (Å²) >= 11 is 0. The molecule has 0 fully saturated rings. The fraction of sp³-hybridized carbons (Fsp3) is 0.500. The number of aromatic hydroxyl groups is 2. The van der Waals surface area contributed by atoms with E-state index >= 15 is 0 Å². The third-order valence-corrected chi connectivity index (χ3v) is 3.13. The van der Waals surface area contributed by atoms with Gasteiger partial charge in [-0.05, 0) is 25.0 Å². The molecule has 0 saturated carbocycles. The molecule has 0 aliphatic heterocycles. The summed E-state index contributed by atoms with van der Waals surface area (Å²) in [7, 11) is 0. The molecule has 1 rings (SSSR count). The first-order valence-electron chi connectivity index (χ1n) is 6.48. The van der Waals surface area contributed by atoms with Gasteiger partial charge in [0, 0.05) is 24.2 Å². The number of amides is 1. The lowest BCUT2D eigenvalue weighted by molar-refractivity contribution is 0.0621. The van der Waals surface area contributed by atoms with Gasteiger partial charge < -0.3 is 20.2 Å². The van der Waals surface area contributed by atoms with Gasteiger partial charge in [0.1, 0.15) is 11.5 Å². The fourth-order valence-corrected chi connectivity index (χ4v) is 2.17. The van der Waals surface area contributed by atoms with Crippen LogP contribution in [0.2, 0.25) is 0 Å². The summed E-state index contributed by atoms with van der Waals surface area (Å²) in [5.74, 6) is -0.609. The Balaban J connectivity index is 3.04. The van der Waals surface area contributed by atoms with E-state index in [0.29, 0.717) is 0 Å². The summed E-state index contributed by atoms with van der Waals surface area (Å²) in [6.07, 6.45) is 1.57. The van der Waals surface area contributed by atoms with Crippen LogP contribution in [0.25, 0.3) is 0 Å². The molecule has 0 atom stereocenters. The van der Waals surface area contributed by atoms with Crippen LogP contribution in [-0.4, -0.2) is 45.3 Å². The Morgan fingerprint density at radius 1 is 1.16 bits per heavy atom. The second-order valence-corrected chi connectivity index (χ2v) is 4.43. The van der Waals surface area contributed by atoms with Crippen LogP contribution in [-0.2, 0) is 0 Å². The predicted molar refractivity (Wildman–Crippen MR) is 72.3 cm³/mol. The van der Waals surface area contributed by atoms with Crippen LogP contribution in [0, 0.1) is 0 Å². The van der Waals surface area contributed by atoms with E-state index in [1.807, 2.05) is 13.8 Å². The summed E-state index contributed by atoms with van der Waals surface area (Å²) in [5.41, 5.74) is 0.220. The Bertz CT molecular complexity index is 409. The van der Waals surface area contributed by atoms with E-state index in [2.05, 4.69) is 0 Å². The van der Waals surface area contributed by atoms with Crippen molar-refractivity contribution < 1.29 is 20.1 Å². The van der Waals surface area contributed by atoms with E-state index in [1.165, 1.54) is 18.2 Å². The Kier molecular flexibility index (Phi) is 5.63. The molecule has 19 heavy (non-hydrogen) atoms. The third-order valence-electron chi connectivity index (χ3n) is 3.13. The van der Waals surface area contributed by atoms with Gasteiger partial charge in [-0.3, -0.25) is 4.79 Å². The molecule has 5 heteroatoms. The van der Waals surface area contributed by atoms with Gasteiger partial charge in [0.25, 0.3) is 5.91 Å². The Morgan fingerprint density at radius 3 is 2.11 bits per heavy atom. The lowest BCUT2D eigenvalue weighted by atomic mass is 10.1. The Hall–Kier alpha value is -1.75. The molecule has 0 heterocycles. The molecule has 0 aliphatic carbocycles. The maximum atomic E-state index is 12.4. The van der Waals surface area contributed by atoms with E-state index in [0.717, 1.165) is 12.8 Å². The van der Waals surface area contributed by atoms with Crippen LogP contribution in [0.1, 0.15) is 37.0 Å². The molecule has 5 nitrogen and oxygen atoms in total. The van der Waals surface area contributed by atoms with Gasteiger partial charge in [-0.25, -0.2) is 0 Å². The number of nitrogens with zero attached hydrogens (tertiary/aromatic N) is 1. The van der Waals surface area contributed by atoms with Crippen molar-refractivity contribution in [3.63, 3.8) is 0 Å². The van der Waals surface area contributed by atoms with E-state index in [4.69, 9.17) is 5.11 Å². The SMILES string of the molecule is CCC(CC)N(CCO)C(=O)c1cc(O)cc(O)c1. The van der Waals surface area contributed by atoms with Gasteiger partial charge in [-0.15, -0.1) is 0 Å². The van der Waals surface area contributed by atoms with Crippen LogP contribution < -0.4 is 0 Å². The average Bonchev–Trinajstić information content (AvgIpc) is 2.37. The van der Waals surface area contributed by atoms with Gasteiger partial charge in [-0.1, -0.05) is 13.8 Å². The number of aliphatic hydroxyl groups is 1. The summed E-state index contributed by atoms with van der Waals surface area (Å²) in [6.45, 7) is 4.08. The first kappa shape index (κ1) is 15.3. The molecule has 1 aromatic carbocycles. The van der Waals surface area contributed by atoms with Crippen molar-refractivity contribution in [2.75, 3.05) is 13.2 Å². The summed E-state index contributed by atoms with van der Waals surface area (Å²) in [6, 6.07) is 3.83. The quantitative estimate of drug-likeness (QED) is 0.733. The van der Waals surface area contributed by atoms with Crippen LogP contribution in [0.3, 0.4) is 0 Å². The summed E-state index contributed by atoms with van der Waals surface area (Å²) < 4.78 is 0. The van der Waals surface area contributed by atoms with Gasteiger partial charge in [0.15, 0.2) is 0 Å². The number of aliphatic hydroxyl groups excluding tert-OH is 1. The van der Waals surface area contributed by atoms with E-state index < -0.39 is 0 Å². The number of benzene rings is 1. The number of phenols is 2. The highest BCUT2D eigenvalue weighted by molar-refractivity contribution is 5.95. The van der Waals surface area contributed by atoms with Gasteiger partial charge in [0.2, 0.25) is 0 Å². The number of phenolic OH excluding ortho intramolecular Hbond substituents is 2. The van der Waals surface area contributed by atoms with Gasteiger partial charge in [-0.2, -0.15) is 0 Å². The van der Waals surface area contributed by atoms with E-state index in [9.17, 15) is 15.0 Å². The second-order valence-electron chi connectivity index (χ2n) is 4.43. The van der Waals surface area contributed by atoms with Crippen molar-refractivity contribution in [2.45, 2.75) is 32.7 Å². The second kappa shape index (κ2) is 6.99. The van der Waals surface area contributed by atoms with Crippen molar-refractivity contribution in [2.24, 2.45) is 0 Å². The molecule has 0 radical (unpaired) electrons. The smallest absolute Gasteiger partial charge is 0.254 e. The van der Waals surface area contributed by atoms with Crippen molar-refractivity contribution in [1.29, 1.82) is 0 Å². The topological polar surface area (TPSA) is 81.0 Å². The number of hydrogen-bond acceptors (Lipinski definition) is 4. The molecule has 0 spiro atoms. The molecule has 3 N–H and O–H groups in total. The van der Waals surface area contributed by atoms with E-state index in [1.54, 1.807) is 4.90 Å². The zero-order chi connectivity index (χ0) is 14.4. The number of rotatable bonds is 6. The normalized spacial score (nSPS) is 10.7. The zero-order valence-corrected chi connectivity index (χ0v) is 11.3. The fourth-order valence-electron chi connectivity index (χ4n) is 2.17. The molecule has 1 amide bonds. The summed E-state index contributed by atoms with van der Waals surface area (Å²) in [4.78, 5) is 14.0. The number of carbonyl (C=O) groups is 1. The highest BCUT2D eigenvalue weighted by Crippen LogP contribution is 2.22. The molecule has 106 valence electrons. The molecule has 1 aromatic rings. The number of hydrogen-bond donors (Lipinski definition) is 3. The minimum absolute atomic E-state index is 0.0316. The molecular formula is C14H21NO4. The maximum absolute atomic E-state index is 12.4. The minimum Gasteiger partial charge on any atom is -0.508 e. The molecule has 0 aliphatic rings. The Morgan fingerprint density at radius 2 is 1.68 bits per heavy atom. The van der Waals surface area contributed by atoms with Crippen LogP contribution in [0.4, 0.5) is 0 Å². The average molecular weight is 267 g/mol. The van der Waals surface area contributed by atoms with Gasteiger partial charge in [0.05, 0.1) is 6.61 Å². The van der Waals surface area contributed by atoms with Crippen molar-refractivity contribution in [1.82, 2.24) is 4.90 Å². The molecular weight excluding hydrogens is 246 g/mol. The van der Waals surface area contributed by atoms with E-state index in [-0.39, 0.29) is 42.2 Å². The zero-order valence-electron chi connectivity index (χ0n) is 11.3. The lowest BCUT2D eigenvalue weighted by Gasteiger charge is -2.30. The highest BCUT2D eigenvalue weighted by atomic mass is 16.3. The molecule has 0 unspecified atom stereocenters. The van der Waals surface area contributed by atoms with Crippen LogP contribution in [0.5, 0.6) is 11.5 Å². The van der Waals surface area contributed by atoms with Crippen LogP contribution in [0.15, 0.2) is 18.2 Å². The highest BCUT2D eigenvalue weighted by Gasteiger charge is 2.22. The lowest BCUT2D eigenvalue weighted by Crippen LogP contribution is -2.41. The maximum Gasteiger partial charge on any atom is 0.254 e. The standard InChI is InChI=1S/C14H21NO4/c1-3-11(4-2)15(5-6-16)14(19)10-7-12(17)9-13(18)8-10/h7-9,11,16-18H,3-6H2,1-2H3. The van der Waals surface area contributed by atoms with Crippen molar-refractivity contribution in [3.05, 3.63) is 23.8 Å². The largest absolute Gasteiger partial charge is 0.508 e.